The van der Waals surface area contributed by atoms with Gasteiger partial charge in [-0.25, -0.2) is 4.79 Å². The summed E-state index contributed by atoms with van der Waals surface area (Å²) in [6.45, 7) is 5.60. The summed E-state index contributed by atoms with van der Waals surface area (Å²) in [5, 5.41) is 0. The van der Waals surface area contributed by atoms with Gasteiger partial charge in [-0.15, -0.1) is 0 Å². The van der Waals surface area contributed by atoms with E-state index in [1.807, 2.05) is 32.9 Å². The normalized spacial score (nSPS) is 18.8. The number of carbonyl (C=O) groups is 1. The van der Waals surface area contributed by atoms with Crippen LogP contribution in [0.25, 0.3) is 0 Å². The first-order valence-electron chi connectivity index (χ1n) is 6.03. The van der Waals surface area contributed by atoms with Gasteiger partial charge in [-0.3, -0.25) is 0 Å². The maximum atomic E-state index is 11.9. The number of halogens is 1. The molecule has 0 unspecified atom stereocenters. The Morgan fingerprint density at radius 3 is 2.83 bits per heavy atom. The molecule has 2 rings (SSSR count). The number of rotatable bonds is 1. The van der Waals surface area contributed by atoms with Gasteiger partial charge < -0.3 is 9.47 Å². The molecule has 1 atom stereocenters. The first-order valence-corrected chi connectivity index (χ1v) is 7.11. The Morgan fingerprint density at radius 2 is 2.17 bits per heavy atom. The fourth-order valence-electron chi connectivity index (χ4n) is 1.89. The third kappa shape index (κ3) is 3.37. The van der Waals surface area contributed by atoms with Crippen molar-refractivity contribution >= 4 is 28.6 Å². The number of hydrogen-bond donors (Lipinski definition) is 0. The molecule has 0 fully saturated rings. The third-order valence-electron chi connectivity index (χ3n) is 2.64. The molecule has 0 saturated carbocycles. The minimum atomic E-state index is -0.475. The molecule has 0 bridgehead atoms. The molecule has 1 aliphatic rings. The first kappa shape index (κ1) is 13.6. The van der Waals surface area contributed by atoms with Gasteiger partial charge >= 0.3 is 5.97 Å². The van der Waals surface area contributed by atoms with Crippen LogP contribution in [-0.2, 0) is 16.0 Å². The van der Waals surface area contributed by atoms with Crippen molar-refractivity contribution in [3.63, 3.8) is 0 Å². The van der Waals surface area contributed by atoms with Gasteiger partial charge in [0.2, 0.25) is 0 Å². The van der Waals surface area contributed by atoms with E-state index in [0.29, 0.717) is 6.42 Å². The molecule has 0 spiro atoms. The van der Waals surface area contributed by atoms with E-state index in [1.54, 1.807) is 0 Å². The minimum Gasteiger partial charge on any atom is -0.478 e. The largest absolute Gasteiger partial charge is 0.478 e. The monoisotopic (exact) mass is 360 g/mol. The Balaban J connectivity index is 2.08. The summed E-state index contributed by atoms with van der Waals surface area (Å²) in [5.74, 6) is 0.532. The summed E-state index contributed by atoms with van der Waals surface area (Å²) in [4.78, 5) is 11.9. The second-order valence-corrected chi connectivity index (χ2v) is 6.68. The maximum Gasteiger partial charge on any atom is 0.347 e. The van der Waals surface area contributed by atoms with Crippen LogP contribution in [0.15, 0.2) is 18.2 Å². The van der Waals surface area contributed by atoms with E-state index < -0.39 is 11.7 Å². The highest BCUT2D eigenvalue weighted by Crippen LogP contribution is 2.29. The van der Waals surface area contributed by atoms with Gasteiger partial charge in [-0.05, 0) is 80.0 Å². The van der Waals surface area contributed by atoms with Crippen LogP contribution in [0.3, 0.4) is 0 Å². The number of fused-ring (bicyclic) bond motifs is 1. The number of ether oxygens (including phenoxy) is 2. The van der Waals surface area contributed by atoms with Crippen molar-refractivity contribution in [1.82, 2.24) is 0 Å². The van der Waals surface area contributed by atoms with E-state index in [0.717, 1.165) is 12.2 Å². The van der Waals surface area contributed by atoms with Gasteiger partial charge in [0, 0.05) is 3.57 Å². The lowest BCUT2D eigenvalue weighted by atomic mass is 10.0. The summed E-state index contributed by atoms with van der Waals surface area (Å²) >= 11 is 2.28. The maximum absolute atomic E-state index is 11.9. The van der Waals surface area contributed by atoms with E-state index >= 15 is 0 Å². The predicted octanol–water partition coefficient (Wildman–Crippen LogP) is 3.33. The lowest BCUT2D eigenvalue weighted by Gasteiger charge is -2.28. The van der Waals surface area contributed by atoms with Crippen LogP contribution in [0.1, 0.15) is 32.8 Å². The highest BCUT2D eigenvalue weighted by molar-refractivity contribution is 14.1. The lowest BCUT2D eigenvalue weighted by molar-refractivity contribution is -0.164. The average molecular weight is 360 g/mol. The molecule has 0 amide bonds. The predicted molar refractivity (Wildman–Crippen MR) is 77.7 cm³/mol. The standard InChI is InChI=1S/C14H17IO3/c1-14(2,3)18-13(16)12-6-4-9-8-10(15)5-7-11(9)17-12/h5,7-8,12H,4,6H2,1-3H3/t12-/m0/s1. The number of hydrogen-bond acceptors (Lipinski definition) is 3. The number of carbonyl (C=O) groups excluding carboxylic acids is 1. The van der Waals surface area contributed by atoms with Crippen molar-refractivity contribution in [1.29, 1.82) is 0 Å². The third-order valence-corrected chi connectivity index (χ3v) is 3.31. The highest BCUT2D eigenvalue weighted by Gasteiger charge is 2.30. The van der Waals surface area contributed by atoms with Crippen LogP contribution in [0.2, 0.25) is 0 Å². The van der Waals surface area contributed by atoms with Crippen molar-refractivity contribution in [2.45, 2.75) is 45.3 Å². The van der Waals surface area contributed by atoms with Crippen LogP contribution in [0.5, 0.6) is 5.75 Å². The first-order chi connectivity index (χ1) is 8.35. The van der Waals surface area contributed by atoms with Crippen molar-refractivity contribution in [3.8, 4) is 5.75 Å². The summed E-state index contributed by atoms with van der Waals surface area (Å²) in [6, 6.07) is 6.01. The Hall–Kier alpha value is -0.780. The summed E-state index contributed by atoms with van der Waals surface area (Å²) < 4.78 is 12.3. The number of esters is 1. The van der Waals surface area contributed by atoms with Gasteiger partial charge in [-0.1, -0.05) is 0 Å². The van der Waals surface area contributed by atoms with E-state index in [4.69, 9.17) is 9.47 Å². The van der Waals surface area contributed by atoms with E-state index in [-0.39, 0.29) is 5.97 Å². The van der Waals surface area contributed by atoms with Crippen molar-refractivity contribution in [2.75, 3.05) is 0 Å². The van der Waals surface area contributed by atoms with Gasteiger partial charge in [0.15, 0.2) is 6.10 Å². The molecular weight excluding hydrogens is 343 g/mol. The van der Waals surface area contributed by atoms with Gasteiger partial charge in [0.25, 0.3) is 0 Å². The Labute approximate surface area is 121 Å². The molecular formula is C14H17IO3. The van der Waals surface area contributed by atoms with Crippen LogP contribution in [-0.4, -0.2) is 17.7 Å². The Bertz CT molecular complexity index is 463. The molecule has 1 aliphatic heterocycles. The van der Waals surface area contributed by atoms with Gasteiger partial charge in [0.1, 0.15) is 11.4 Å². The SMILES string of the molecule is CC(C)(C)OC(=O)[C@@H]1CCc2cc(I)ccc2O1. The molecule has 0 aliphatic carbocycles. The van der Waals surface area contributed by atoms with Crippen LogP contribution in [0.4, 0.5) is 0 Å². The lowest BCUT2D eigenvalue weighted by Crippen LogP contribution is -2.37. The van der Waals surface area contributed by atoms with Gasteiger partial charge in [-0.2, -0.15) is 0 Å². The molecule has 4 heteroatoms. The van der Waals surface area contributed by atoms with E-state index in [1.165, 1.54) is 9.13 Å². The highest BCUT2D eigenvalue weighted by atomic mass is 127. The summed E-state index contributed by atoms with van der Waals surface area (Å²) in [5.41, 5.74) is 0.703. The molecule has 98 valence electrons. The zero-order chi connectivity index (χ0) is 13.3. The molecule has 0 N–H and O–H groups in total. The Kier molecular flexibility index (Phi) is 3.84. The smallest absolute Gasteiger partial charge is 0.347 e. The number of aryl methyl sites for hydroxylation is 1. The second kappa shape index (κ2) is 5.07. The minimum absolute atomic E-state index is 0.272. The van der Waals surface area contributed by atoms with Crippen LogP contribution in [0, 0.1) is 3.57 Å². The Morgan fingerprint density at radius 1 is 1.44 bits per heavy atom. The van der Waals surface area contributed by atoms with Crippen LogP contribution >= 0.6 is 22.6 Å². The molecule has 0 radical (unpaired) electrons. The molecule has 1 aromatic carbocycles. The van der Waals surface area contributed by atoms with Crippen molar-refractivity contribution in [3.05, 3.63) is 27.3 Å². The second-order valence-electron chi connectivity index (χ2n) is 5.43. The molecule has 18 heavy (non-hydrogen) atoms. The quantitative estimate of drug-likeness (QED) is 0.569. The molecule has 1 heterocycles. The molecule has 0 saturated heterocycles. The van der Waals surface area contributed by atoms with E-state index in [2.05, 4.69) is 28.7 Å². The van der Waals surface area contributed by atoms with E-state index in [9.17, 15) is 4.79 Å². The van der Waals surface area contributed by atoms with Gasteiger partial charge in [0.05, 0.1) is 0 Å². The fraction of sp³-hybridized carbons (Fsp3) is 0.500. The average Bonchev–Trinajstić information content (AvgIpc) is 2.26. The summed E-state index contributed by atoms with van der Waals surface area (Å²) in [7, 11) is 0. The number of benzene rings is 1. The zero-order valence-corrected chi connectivity index (χ0v) is 13.0. The van der Waals surface area contributed by atoms with Crippen molar-refractivity contribution < 1.29 is 14.3 Å². The topological polar surface area (TPSA) is 35.5 Å². The van der Waals surface area contributed by atoms with Crippen molar-refractivity contribution in [2.24, 2.45) is 0 Å². The van der Waals surface area contributed by atoms with Crippen LogP contribution < -0.4 is 4.74 Å². The molecule has 1 aromatic rings. The molecule has 3 nitrogen and oxygen atoms in total. The summed E-state index contributed by atoms with van der Waals surface area (Å²) in [6.07, 6.45) is 1.06. The molecule has 0 aromatic heterocycles. The fourth-order valence-corrected chi connectivity index (χ4v) is 2.45. The zero-order valence-electron chi connectivity index (χ0n) is 10.8.